The Morgan fingerprint density at radius 3 is 2.51 bits per heavy atom. The van der Waals surface area contributed by atoms with Gasteiger partial charge in [0, 0.05) is 22.3 Å². The van der Waals surface area contributed by atoms with Gasteiger partial charge in [0.1, 0.15) is 4.75 Å². The van der Waals surface area contributed by atoms with E-state index in [9.17, 15) is 4.55 Å². The summed E-state index contributed by atoms with van der Waals surface area (Å²) in [5.74, 6) is 0.749. The lowest BCUT2D eigenvalue weighted by atomic mass is 9.95. The van der Waals surface area contributed by atoms with Crippen molar-refractivity contribution in [2.45, 2.75) is 103 Å². The van der Waals surface area contributed by atoms with Gasteiger partial charge in [0.05, 0.1) is 54.7 Å². The summed E-state index contributed by atoms with van der Waals surface area (Å²) in [5.41, 5.74) is 6.97. The minimum atomic E-state index is -1.93. The first kappa shape index (κ1) is 35.4. The third kappa shape index (κ3) is 8.24. The maximum absolute atomic E-state index is 13.1. The molecule has 0 radical (unpaired) electrons. The molecular formula is C37H51N5O3SSi. The van der Waals surface area contributed by atoms with E-state index in [-0.39, 0.29) is 15.8 Å². The van der Waals surface area contributed by atoms with Crippen LogP contribution in [0.25, 0.3) is 33.6 Å². The summed E-state index contributed by atoms with van der Waals surface area (Å²) in [6.45, 7) is 21.1. The van der Waals surface area contributed by atoms with Gasteiger partial charge in [-0.15, -0.1) is 4.72 Å². The molecule has 1 aliphatic rings. The predicted octanol–water partition coefficient (Wildman–Crippen LogP) is 8.70. The molecule has 0 fully saturated rings. The third-order valence-electron chi connectivity index (χ3n) is 9.20. The molecule has 1 aliphatic heterocycles. The summed E-state index contributed by atoms with van der Waals surface area (Å²) >= 11 is -1.21. The van der Waals surface area contributed by atoms with Gasteiger partial charge in [0.25, 0.3) is 0 Å². The number of aromatic nitrogens is 4. The Hall–Kier alpha value is -2.86. The highest BCUT2D eigenvalue weighted by Gasteiger charge is 2.37. The highest BCUT2D eigenvalue weighted by molar-refractivity contribution is 7.90. The molecule has 3 aromatic heterocycles. The van der Waals surface area contributed by atoms with E-state index in [1.807, 2.05) is 68.0 Å². The zero-order valence-corrected chi connectivity index (χ0v) is 31.3. The normalized spacial score (nSPS) is 15.9. The highest BCUT2D eigenvalue weighted by atomic mass is 32.2. The van der Waals surface area contributed by atoms with Gasteiger partial charge >= 0.3 is 0 Å². The van der Waals surface area contributed by atoms with Gasteiger partial charge in [-0.25, -0.2) is 9.67 Å². The van der Waals surface area contributed by atoms with Gasteiger partial charge in [-0.05, 0) is 99.3 Å². The van der Waals surface area contributed by atoms with Crippen LogP contribution in [0.15, 0.2) is 60.8 Å². The van der Waals surface area contributed by atoms with Crippen LogP contribution in [0.1, 0.15) is 90.7 Å². The molecule has 1 N–H and O–H groups in total. The van der Waals surface area contributed by atoms with E-state index in [0.717, 1.165) is 64.2 Å². The summed E-state index contributed by atoms with van der Waals surface area (Å²) in [6.07, 6.45) is 6.73. The van der Waals surface area contributed by atoms with Crippen molar-refractivity contribution in [3.8, 4) is 17.1 Å². The number of benzene rings is 1. The first-order valence-corrected chi connectivity index (χ1v) is 20.8. The third-order valence-corrected chi connectivity index (χ3v) is 15.3. The van der Waals surface area contributed by atoms with Crippen molar-refractivity contribution in [3.63, 3.8) is 0 Å². The molecule has 5 rings (SSSR count). The average molecular weight is 674 g/mol. The quantitative estimate of drug-likeness (QED) is 0.126. The van der Waals surface area contributed by atoms with E-state index in [1.165, 1.54) is 5.57 Å². The highest BCUT2D eigenvalue weighted by Crippen LogP contribution is 2.38. The van der Waals surface area contributed by atoms with Crippen molar-refractivity contribution < 1.29 is 13.7 Å². The van der Waals surface area contributed by atoms with Gasteiger partial charge in [-0.2, -0.15) is 5.10 Å². The average Bonchev–Trinajstić information content (AvgIpc) is 3.47. The molecule has 2 atom stereocenters. The molecule has 0 saturated carbocycles. The summed E-state index contributed by atoms with van der Waals surface area (Å²) in [6, 6.07) is 16.4. The summed E-state index contributed by atoms with van der Waals surface area (Å²) in [4.78, 5) is 10.2. The molecule has 0 saturated heterocycles. The van der Waals surface area contributed by atoms with Crippen molar-refractivity contribution in [2.75, 3.05) is 13.2 Å². The second-order valence-electron chi connectivity index (χ2n) is 14.9. The van der Waals surface area contributed by atoms with Crippen LogP contribution in [-0.4, -0.2) is 50.6 Å². The predicted molar refractivity (Wildman–Crippen MR) is 196 cm³/mol. The Morgan fingerprint density at radius 1 is 1.06 bits per heavy atom. The molecule has 4 heterocycles. The minimum Gasteiger partial charge on any atom is -0.598 e. The lowest BCUT2D eigenvalue weighted by Gasteiger charge is -2.36. The van der Waals surface area contributed by atoms with E-state index in [1.54, 1.807) is 0 Å². The molecule has 0 aliphatic carbocycles. The molecule has 252 valence electrons. The van der Waals surface area contributed by atoms with Gasteiger partial charge in [-0.1, -0.05) is 52.3 Å². The van der Waals surface area contributed by atoms with Crippen molar-refractivity contribution in [1.29, 1.82) is 0 Å². The van der Waals surface area contributed by atoms with E-state index in [0.29, 0.717) is 19.8 Å². The zero-order valence-electron chi connectivity index (χ0n) is 29.5. The molecular weight excluding hydrogens is 623 g/mol. The van der Waals surface area contributed by atoms with Crippen molar-refractivity contribution in [2.24, 2.45) is 0 Å². The molecule has 10 heteroatoms. The topological polar surface area (TPSA) is 97.1 Å². The largest absolute Gasteiger partial charge is 0.598 e. The van der Waals surface area contributed by atoms with Crippen LogP contribution in [-0.2, 0) is 27.1 Å². The number of ether oxygens (including phenoxy) is 1. The summed E-state index contributed by atoms with van der Waals surface area (Å²) in [5, 5.41) is 6.06. The molecule has 4 aromatic rings. The molecule has 1 unspecified atom stereocenters. The smallest absolute Gasteiger partial charge is 0.192 e. The molecule has 0 bridgehead atoms. The number of pyridine rings is 2. The Morgan fingerprint density at radius 2 is 1.83 bits per heavy atom. The van der Waals surface area contributed by atoms with Crippen LogP contribution in [0.5, 0.6) is 0 Å². The minimum absolute atomic E-state index is 0.118. The van der Waals surface area contributed by atoms with Gasteiger partial charge in [0.2, 0.25) is 0 Å². The maximum Gasteiger partial charge on any atom is 0.192 e. The van der Waals surface area contributed by atoms with Crippen molar-refractivity contribution in [1.82, 2.24) is 24.5 Å². The zero-order chi connectivity index (χ0) is 34.0. The molecule has 1 aromatic carbocycles. The first-order valence-electron chi connectivity index (χ1n) is 16.7. The number of hydrogen-bond donors (Lipinski definition) is 1. The Kier molecular flexibility index (Phi) is 10.8. The number of rotatable bonds is 11. The second kappa shape index (κ2) is 14.3. The standard InChI is InChI=1S/C37H51N5O3SSi/c1-10-13-33(41-46(43)36(2,3)4)32-16-12-15-31(40-32)27-22-29(26-18-20-44-21-19-26)30-24-38-42(34(30)23-27)35-17-11-14-28(39-35)25-45-47(8,9)37(5,6)7/h11-12,14-18,22-24,33,41H,10,13,19-21,25H2,1-9H3/t33-,46?/m0/s1. The van der Waals surface area contributed by atoms with E-state index in [4.69, 9.17) is 24.2 Å². The van der Waals surface area contributed by atoms with Crippen LogP contribution >= 0.6 is 0 Å². The fourth-order valence-corrected chi connectivity index (χ4v) is 7.09. The summed E-state index contributed by atoms with van der Waals surface area (Å²) in [7, 11) is -1.93. The van der Waals surface area contributed by atoms with Crippen LogP contribution in [0.3, 0.4) is 0 Å². The monoisotopic (exact) mass is 673 g/mol. The van der Waals surface area contributed by atoms with E-state index < -0.39 is 19.7 Å². The summed E-state index contributed by atoms with van der Waals surface area (Å²) < 4.78 is 30.2. The van der Waals surface area contributed by atoms with Crippen molar-refractivity contribution >= 4 is 36.2 Å². The fourth-order valence-electron chi connectivity index (χ4n) is 5.30. The van der Waals surface area contributed by atoms with Crippen LogP contribution in [0.4, 0.5) is 0 Å². The number of nitrogens with one attached hydrogen (secondary N) is 1. The molecule has 0 spiro atoms. The Bertz CT molecular complexity index is 1720. The van der Waals surface area contributed by atoms with E-state index >= 15 is 0 Å². The second-order valence-corrected chi connectivity index (χ2v) is 21.7. The maximum atomic E-state index is 13.1. The first-order chi connectivity index (χ1) is 22.2. The van der Waals surface area contributed by atoms with Gasteiger partial charge < -0.3 is 13.7 Å². The van der Waals surface area contributed by atoms with Crippen LogP contribution < -0.4 is 4.72 Å². The Labute approximate surface area is 284 Å². The fraction of sp³-hybridized carbons (Fsp3) is 0.486. The lowest BCUT2D eigenvalue weighted by Crippen LogP contribution is -2.41. The van der Waals surface area contributed by atoms with Gasteiger partial charge in [0.15, 0.2) is 14.1 Å². The molecule has 8 nitrogen and oxygen atoms in total. The van der Waals surface area contributed by atoms with Crippen LogP contribution in [0.2, 0.25) is 18.1 Å². The molecule has 0 amide bonds. The lowest BCUT2D eigenvalue weighted by molar-refractivity contribution is 0.161. The van der Waals surface area contributed by atoms with E-state index in [2.05, 4.69) is 63.7 Å². The number of nitrogens with zero attached hydrogens (tertiary/aromatic N) is 4. The van der Waals surface area contributed by atoms with Crippen molar-refractivity contribution in [3.05, 3.63) is 77.8 Å². The molecule has 47 heavy (non-hydrogen) atoms. The number of fused-ring (bicyclic) bond motifs is 1. The number of hydrogen-bond acceptors (Lipinski definition) is 7. The van der Waals surface area contributed by atoms with Crippen LogP contribution in [0, 0.1) is 0 Å². The van der Waals surface area contributed by atoms with Gasteiger partial charge in [-0.3, -0.25) is 4.98 Å². The Balaban J connectivity index is 1.57. The SMILES string of the molecule is CCC[C@H](N[S+]([O-])C(C)(C)C)c1cccc(-c2cc(C3=CCOCC3)c3cnn(-c4cccc(CO[Si](C)(C)C(C)(C)C)n4)c3c2)n1.